The highest BCUT2D eigenvalue weighted by atomic mass is 32.2. The molecule has 0 bridgehead atoms. The van der Waals surface area contributed by atoms with Crippen molar-refractivity contribution in [2.45, 2.75) is 12.8 Å². The molecule has 6 nitrogen and oxygen atoms in total. The van der Waals surface area contributed by atoms with Crippen LogP contribution in [0.2, 0.25) is 0 Å². The van der Waals surface area contributed by atoms with Crippen LogP contribution < -0.4 is 5.32 Å². The normalized spacial score (nSPS) is 32.1. The number of sulfonamides is 1. The lowest BCUT2D eigenvalue weighted by Gasteiger charge is -2.12. The zero-order chi connectivity index (χ0) is 11.9. The van der Waals surface area contributed by atoms with Gasteiger partial charge in [-0.25, -0.2) is 12.7 Å². The fraction of sp³-hybridized carbons (Fsp3) is 0.778. The Bertz CT molecular complexity index is 431. The predicted octanol–water partition coefficient (Wildman–Crippen LogP) is -1.07. The molecule has 2 fully saturated rings. The first-order valence-electron chi connectivity index (χ1n) is 5.17. The molecule has 0 aromatic rings. The van der Waals surface area contributed by atoms with E-state index in [-0.39, 0.29) is 30.2 Å². The van der Waals surface area contributed by atoms with Crippen LogP contribution in [-0.2, 0) is 19.6 Å². The molecule has 2 amide bonds. The number of carbonyl (C=O) groups is 2. The van der Waals surface area contributed by atoms with Crippen LogP contribution in [0.5, 0.6) is 0 Å². The number of nitrogens with one attached hydrogen (secondary N) is 1. The minimum Gasteiger partial charge on any atom is -0.296 e. The Morgan fingerprint density at radius 1 is 1.31 bits per heavy atom. The minimum absolute atomic E-state index is 0.0267. The molecule has 0 aromatic carbocycles. The average Bonchev–Trinajstić information content (AvgIpc) is 2.52. The lowest BCUT2D eigenvalue weighted by molar-refractivity contribution is -0.131. The Kier molecular flexibility index (Phi) is 2.75. The monoisotopic (exact) mass is 246 g/mol. The Morgan fingerprint density at radius 2 is 2.00 bits per heavy atom. The molecule has 16 heavy (non-hydrogen) atoms. The summed E-state index contributed by atoms with van der Waals surface area (Å²) in [5.41, 5.74) is 0. The highest BCUT2D eigenvalue weighted by Crippen LogP contribution is 2.30. The third-order valence-corrected chi connectivity index (χ3v) is 4.45. The fourth-order valence-electron chi connectivity index (χ4n) is 2.30. The van der Waals surface area contributed by atoms with Gasteiger partial charge in [-0.15, -0.1) is 0 Å². The van der Waals surface area contributed by atoms with Crippen molar-refractivity contribution < 1.29 is 18.0 Å². The molecule has 0 radical (unpaired) electrons. The zero-order valence-electron chi connectivity index (χ0n) is 8.97. The second kappa shape index (κ2) is 3.81. The van der Waals surface area contributed by atoms with Crippen molar-refractivity contribution in [3.8, 4) is 0 Å². The van der Waals surface area contributed by atoms with Gasteiger partial charge in [-0.3, -0.25) is 14.9 Å². The quantitative estimate of drug-likeness (QED) is 0.597. The summed E-state index contributed by atoms with van der Waals surface area (Å²) in [6.07, 6.45) is 2.01. The van der Waals surface area contributed by atoms with E-state index in [2.05, 4.69) is 5.32 Å². The molecule has 2 unspecified atom stereocenters. The van der Waals surface area contributed by atoms with Crippen molar-refractivity contribution in [2.75, 3.05) is 19.3 Å². The zero-order valence-corrected chi connectivity index (χ0v) is 9.79. The van der Waals surface area contributed by atoms with Gasteiger partial charge in [0.2, 0.25) is 21.8 Å². The third kappa shape index (κ3) is 2.10. The van der Waals surface area contributed by atoms with Gasteiger partial charge < -0.3 is 0 Å². The van der Waals surface area contributed by atoms with Crippen LogP contribution in [0.1, 0.15) is 12.8 Å². The Hall–Kier alpha value is -0.950. The molecule has 2 saturated heterocycles. The first-order valence-corrected chi connectivity index (χ1v) is 7.01. The molecule has 7 heteroatoms. The highest BCUT2D eigenvalue weighted by molar-refractivity contribution is 7.88. The molecule has 1 N–H and O–H groups in total. The number of amides is 2. The maximum absolute atomic E-state index is 11.6. The summed E-state index contributed by atoms with van der Waals surface area (Å²) in [7, 11) is -3.24. The number of fused-ring (bicyclic) bond motifs is 1. The maximum atomic E-state index is 11.6. The van der Waals surface area contributed by atoms with Crippen LogP contribution in [0.3, 0.4) is 0 Å². The number of rotatable bonds is 1. The summed E-state index contributed by atoms with van der Waals surface area (Å²) < 4.78 is 24.0. The van der Waals surface area contributed by atoms with Crippen LogP contribution in [0.15, 0.2) is 0 Å². The standard InChI is InChI=1S/C9H14N2O4S/c1-16(14,15)11-4-6-2-3-8(12)10-9(13)7(6)5-11/h6-7H,2-5H2,1H3,(H,10,12,13). The first-order chi connectivity index (χ1) is 7.38. The molecule has 2 atom stereocenters. The predicted molar refractivity (Wildman–Crippen MR) is 55.8 cm³/mol. The summed E-state index contributed by atoms with van der Waals surface area (Å²) in [6.45, 7) is 0.548. The van der Waals surface area contributed by atoms with Gasteiger partial charge in [-0.05, 0) is 12.3 Å². The van der Waals surface area contributed by atoms with Crippen molar-refractivity contribution in [1.29, 1.82) is 0 Å². The van der Waals surface area contributed by atoms with Crippen molar-refractivity contribution in [2.24, 2.45) is 11.8 Å². The SMILES string of the molecule is CS(=O)(=O)N1CC2CCC(=O)NC(=O)C2C1. The van der Waals surface area contributed by atoms with E-state index in [1.807, 2.05) is 0 Å². The van der Waals surface area contributed by atoms with Gasteiger partial charge in [0.15, 0.2) is 0 Å². The minimum atomic E-state index is -3.24. The van der Waals surface area contributed by atoms with E-state index in [1.165, 1.54) is 4.31 Å². The molecule has 2 rings (SSSR count). The molecule has 2 aliphatic rings. The van der Waals surface area contributed by atoms with Gasteiger partial charge in [-0.2, -0.15) is 0 Å². The topological polar surface area (TPSA) is 83.6 Å². The molecule has 0 spiro atoms. The smallest absolute Gasteiger partial charge is 0.231 e. The van der Waals surface area contributed by atoms with E-state index in [0.717, 1.165) is 6.26 Å². The van der Waals surface area contributed by atoms with Crippen LogP contribution in [0, 0.1) is 11.8 Å². The maximum Gasteiger partial charge on any atom is 0.231 e. The Morgan fingerprint density at radius 3 is 2.62 bits per heavy atom. The largest absolute Gasteiger partial charge is 0.296 e. The number of hydrogen-bond acceptors (Lipinski definition) is 4. The highest BCUT2D eigenvalue weighted by Gasteiger charge is 2.42. The van der Waals surface area contributed by atoms with Crippen LogP contribution >= 0.6 is 0 Å². The second-order valence-corrected chi connectivity index (χ2v) is 6.38. The summed E-state index contributed by atoms with van der Waals surface area (Å²) in [4.78, 5) is 22.8. The van der Waals surface area contributed by atoms with E-state index in [0.29, 0.717) is 19.4 Å². The average molecular weight is 246 g/mol. The summed E-state index contributed by atoms with van der Waals surface area (Å²) in [6, 6.07) is 0. The molecular formula is C9H14N2O4S. The van der Waals surface area contributed by atoms with Crippen molar-refractivity contribution >= 4 is 21.8 Å². The summed E-state index contributed by atoms with van der Waals surface area (Å²) in [5.74, 6) is -0.994. The fourth-order valence-corrected chi connectivity index (χ4v) is 3.19. The Balaban J connectivity index is 2.18. The lowest BCUT2D eigenvalue weighted by atomic mass is 9.92. The van der Waals surface area contributed by atoms with Gasteiger partial charge in [0.1, 0.15) is 0 Å². The number of hydrogen-bond donors (Lipinski definition) is 1. The van der Waals surface area contributed by atoms with Crippen LogP contribution in [0.4, 0.5) is 0 Å². The molecule has 0 aromatic heterocycles. The summed E-state index contributed by atoms with van der Waals surface area (Å²) in [5, 5.41) is 2.29. The number of carbonyl (C=O) groups excluding carboxylic acids is 2. The molecule has 90 valence electrons. The van der Waals surface area contributed by atoms with E-state index >= 15 is 0 Å². The third-order valence-electron chi connectivity index (χ3n) is 3.22. The second-order valence-electron chi connectivity index (χ2n) is 4.40. The van der Waals surface area contributed by atoms with Crippen LogP contribution in [0.25, 0.3) is 0 Å². The number of imide groups is 1. The molecule has 0 saturated carbocycles. The van der Waals surface area contributed by atoms with Gasteiger partial charge in [0.05, 0.1) is 12.2 Å². The van der Waals surface area contributed by atoms with E-state index in [4.69, 9.17) is 0 Å². The van der Waals surface area contributed by atoms with Crippen molar-refractivity contribution in [1.82, 2.24) is 9.62 Å². The molecule has 2 aliphatic heterocycles. The van der Waals surface area contributed by atoms with E-state index in [9.17, 15) is 18.0 Å². The molecule has 2 heterocycles. The van der Waals surface area contributed by atoms with Crippen LogP contribution in [-0.4, -0.2) is 43.9 Å². The molecular weight excluding hydrogens is 232 g/mol. The lowest BCUT2D eigenvalue weighted by Crippen LogP contribution is -2.36. The van der Waals surface area contributed by atoms with E-state index in [1.54, 1.807) is 0 Å². The first kappa shape index (κ1) is 11.5. The molecule has 0 aliphatic carbocycles. The van der Waals surface area contributed by atoms with Gasteiger partial charge >= 0.3 is 0 Å². The Labute approximate surface area is 94.0 Å². The van der Waals surface area contributed by atoms with Crippen molar-refractivity contribution in [3.63, 3.8) is 0 Å². The van der Waals surface area contributed by atoms with Gasteiger partial charge in [0, 0.05) is 19.5 Å². The summed E-state index contributed by atoms with van der Waals surface area (Å²) >= 11 is 0. The number of nitrogens with zero attached hydrogens (tertiary/aromatic N) is 1. The van der Waals surface area contributed by atoms with Crippen molar-refractivity contribution in [3.05, 3.63) is 0 Å². The van der Waals surface area contributed by atoms with E-state index < -0.39 is 10.0 Å². The van der Waals surface area contributed by atoms with Gasteiger partial charge in [-0.1, -0.05) is 0 Å². The van der Waals surface area contributed by atoms with Gasteiger partial charge in [0.25, 0.3) is 0 Å².